The number of carbonyl (C=O) groups is 1. The Bertz CT molecular complexity index is 344. The third-order valence-electron chi connectivity index (χ3n) is 3.17. The standard InChI is InChI=1S/C13H17NO2/c1-16-13(15)9-14-12-7-11(8-12)10-5-3-2-4-6-10/h2-6,11-12,14H,7-9H2,1H3. The molecule has 1 aromatic carbocycles. The highest BCUT2D eigenvalue weighted by Gasteiger charge is 2.29. The van der Waals surface area contributed by atoms with Gasteiger partial charge in [-0.1, -0.05) is 30.3 Å². The molecule has 3 nitrogen and oxygen atoms in total. The maximum Gasteiger partial charge on any atom is 0.319 e. The SMILES string of the molecule is COC(=O)CNC1CC(c2ccccc2)C1. The molecular weight excluding hydrogens is 202 g/mol. The van der Waals surface area contributed by atoms with Crippen LogP contribution in [0.1, 0.15) is 24.3 Å². The van der Waals surface area contributed by atoms with Crippen LogP contribution < -0.4 is 5.32 Å². The first kappa shape index (κ1) is 11.1. The first-order chi connectivity index (χ1) is 7.79. The van der Waals surface area contributed by atoms with Gasteiger partial charge in [0.15, 0.2) is 0 Å². The monoisotopic (exact) mass is 219 g/mol. The lowest BCUT2D eigenvalue weighted by Gasteiger charge is -2.36. The number of rotatable bonds is 4. The summed E-state index contributed by atoms with van der Waals surface area (Å²) in [5.74, 6) is 0.458. The summed E-state index contributed by atoms with van der Waals surface area (Å²) in [5.41, 5.74) is 1.40. The highest BCUT2D eigenvalue weighted by molar-refractivity contribution is 5.71. The van der Waals surface area contributed by atoms with Crippen LogP contribution in [0.3, 0.4) is 0 Å². The van der Waals surface area contributed by atoms with Crippen LogP contribution in [0.5, 0.6) is 0 Å². The van der Waals surface area contributed by atoms with Crippen molar-refractivity contribution in [3.05, 3.63) is 35.9 Å². The largest absolute Gasteiger partial charge is 0.468 e. The Kier molecular flexibility index (Phi) is 3.57. The molecule has 0 unspecified atom stereocenters. The van der Waals surface area contributed by atoms with E-state index < -0.39 is 0 Å². The summed E-state index contributed by atoms with van der Waals surface area (Å²) in [6.45, 7) is 0.322. The van der Waals surface area contributed by atoms with Crippen molar-refractivity contribution in [3.63, 3.8) is 0 Å². The van der Waals surface area contributed by atoms with Crippen LogP contribution in [0.25, 0.3) is 0 Å². The zero-order valence-corrected chi connectivity index (χ0v) is 9.48. The molecule has 0 radical (unpaired) electrons. The smallest absolute Gasteiger partial charge is 0.319 e. The minimum atomic E-state index is -0.192. The fraction of sp³-hybridized carbons (Fsp3) is 0.462. The van der Waals surface area contributed by atoms with Crippen molar-refractivity contribution in [2.24, 2.45) is 0 Å². The summed E-state index contributed by atoms with van der Waals surface area (Å²) in [5, 5.41) is 3.19. The van der Waals surface area contributed by atoms with Gasteiger partial charge >= 0.3 is 5.97 Å². The van der Waals surface area contributed by atoms with E-state index in [0.29, 0.717) is 18.5 Å². The fourth-order valence-corrected chi connectivity index (χ4v) is 2.08. The number of hydrogen-bond acceptors (Lipinski definition) is 3. The lowest BCUT2D eigenvalue weighted by Crippen LogP contribution is -2.42. The Balaban J connectivity index is 1.72. The number of esters is 1. The van der Waals surface area contributed by atoms with E-state index >= 15 is 0 Å². The van der Waals surface area contributed by atoms with E-state index in [2.05, 4.69) is 34.3 Å². The Morgan fingerprint density at radius 2 is 2.06 bits per heavy atom. The molecule has 0 aliphatic heterocycles. The molecule has 1 aliphatic rings. The molecule has 0 heterocycles. The van der Waals surface area contributed by atoms with E-state index in [9.17, 15) is 4.79 Å². The predicted octanol–water partition coefficient (Wildman–Crippen LogP) is 1.70. The second-order valence-corrected chi connectivity index (χ2v) is 4.23. The summed E-state index contributed by atoms with van der Waals surface area (Å²) in [7, 11) is 1.41. The van der Waals surface area contributed by atoms with Crippen LogP contribution in [0.15, 0.2) is 30.3 Å². The minimum absolute atomic E-state index is 0.192. The summed E-state index contributed by atoms with van der Waals surface area (Å²) >= 11 is 0. The van der Waals surface area contributed by atoms with Gasteiger partial charge in [0.25, 0.3) is 0 Å². The number of nitrogens with one attached hydrogen (secondary N) is 1. The highest BCUT2D eigenvalue weighted by atomic mass is 16.5. The van der Waals surface area contributed by atoms with E-state index in [-0.39, 0.29) is 5.97 Å². The second-order valence-electron chi connectivity index (χ2n) is 4.23. The maximum absolute atomic E-state index is 10.9. The van der Waals surface area contributed by atoms with Gasteiger partial charge in [0.05, 0.1) is 13.7 Å². The molecule has 2 rings (SSSR count). The van der Waals surface area contributed by atoms with E-state index in [4.69, 9.17) is 0 Å². The van der Waals surface area contributed by atoms with Crippen molar-refractivity contribution in [2.75, 3.05) is 13.7 Å². The zero-order valence-electron chi connectivity index (χ0n) is 9.48. The molecule has 3 heteroatoms. The molecule has 1 aliphatic carbocycles. The Morgan fingerprint density at radius 1 is 1.38 bits per heavy atom. The van der Waals surface area contributed by atoms with Crippen LogP contribution in [0, 0.1) is 0 Å². The van der Waals surface area contributed by atoms with Crippen LogP contribution in [0.2, 0.25) is 0 Å². The van der Waals surface area contributed by atoms with Gasteiger partial charge < -0.3 is 10.1 Å². The average Bonchev–Trinajstić information content (AvgIpc) is 2.28. The Labute approximate surface area is 95.8 Å². The third-order valence-corrected chi connectivity index (χ3v) is 3.17. The molecule has 0 aromatic heterocycles. The van der Waals surface area contributed by atoms with Gasteiger partial charge in [0.1, 0.15) is 0 Å². The van der Waals surface area contributed by atoms with Crippen molar-refractivity contribution in [1.82, 2.24) is 5.32 Å². The lowest BCUT2D eigenvalue weighted by molar-refractivity contribution is -0.139. The molecule has 1 fully saturated rings. The van der Waals surface area contributed by atoms with E-state index in [1.807, 2.05) is 6.07 Å². The maximum atomic E-state index is 10.9. The Hall–Kier alpha value is -1.35. The van der Waals surface area contributed by atoms with Crippen molar-refractivity contribution in [2.45, 2.75) is 24.8 Å². The van der Waals surface area contributed by atoms with Gasteiger partial charge in [-0.25, -0.2) is 0 Å². The van der Waals surface area contributed by atoms with E-state index in [1.54, 1.807) is 0 Å². The van der Waals surface area contributed by atoms with Crippen LogP contribution in [-0.2, 0) is 9.53 Å². The molecule has 0 bridgehead atoms. The first-order valence-electron chi connectivity index (χ1n) is 5.64. The van der Waals surface area contributed by atoms with Gasteiger partial charge in [0.2, 0.25) is 0 Å². The summed E-state index contributed by atoms with van der Waals surface area (Å²) < 4.78 is 4.58. The molecule has 1 aromatic rings. The third kappa shape index (κ3) is 2.61. The fourth-order valence-electron chi connectivity index (χ4n) is 2.08. The van der Waals surface area contributed by atoms with Gasteiger partial charge in [-0.2, -0.15) is 0 Å². The lowest BCUT2D eigenvalue weighted by atomic mass is 9.76. The molecule has 86 valence electrons. The van der Waals surface area contributed by atoms with Gasteiger partial charge in [0, 0.05) is 6.04 Å². The molecule has 1 N–H and O–H groups in total. The van der Waals surface area contributed by atoms with E-state index in [1.165, 1.54) is 12.7 Å². The predicted molar refractivity (Wildman–Crippen MR) is 62.2 cm³/mol. The van der Waals surface area contributed by atoms with Crippen molar-refractivity contribution in [1.29, 1.82) is 0 Å². The second kappa shape index (κ2) is 5.12. The summed E-state index contributed by atoms with van der Waals surface area (Å²) in [6, 6.07) is 11.0. The molecule has 1 saturated carbocycles. The van der Waals surface area contributed by atoms with Gasteiger partial charge in [-0.15, -0.1) is 0 Å². The first-order valence-corrected chi connectivity index (χ1v) is 5.64. The number of benzene rings is 1. The minimum Gasteiger partial charge on any atom is -0.468 e. The molecule has 16 heavy (non-hydrogen) atoms. The summed E-state index contributed by atoms with van der Waals surface area (Å²) in [6.07, 6.45) is 2.22. The highest BCUT2D eigenvalue weighted by Crippen LogP contribution is 2.36. The number of ether oxygens (including phenoxy) is 1. The average molecular weight is 219 g/mol. The van der Waals surface area contributed by atoms with Gasteiger partial charge in [-0.05, 0) is 24.3 Å². The van der Waals surface area contributed by atoms with Crippen LogP contribution in [0.4, 0.5) is 0 Å². The Morgan fingerprint density at radius 3 is 2.69 bits per heavy atom. The molecule has 0 saturated heterocycles. The topological polar surface area (TPSA) is 38.3 Å². The van der Waals surface area contributed by atoms with Crippen molar-refractivity contribution < 1.29 is 9.53 Å². The van der Waals surface area contributed by atoms with E-state index in [0.717, 1.165) is 12.8 Å². The molecule has 0 spiro atoms. The van der Waals surface area contributed by atoms with Crippen molar-refractivity contribution in [3.8, 4) is 0 Å². The van der Waals surface area contributed by atoms with Gasteiger partial charge in [-0.3, -0.25) is 4.79 Å². The summed E-state index contributed by atoms with van der Waals surface area (Å²) in [4.78, 5) is 10.9. The zero-order chi connectivity index (χ0) is 11.4. The van der Waals surface area contributed by atoms with Crippen LogP contribution >= 0.6 is 0 Å². The van der Waals surface area contributed by atoms with Crippen LogP contribution in [-0.4, -0.2) is 25.7 Å². The quantitative estimate of drug-likeness (QED) is 0.783. The van der Waals surface area contributed by atoms with Crippen molar-refractivity contribution >= 4 is 5.97 Å². The molecule has 0 amide bonds. The number of hydrogen-bond donors (Lipinski definition) is 1. The molecule has 0 atom stereocenters. The molecular formula is C13H17NO2. The number of carbonyl (C=O) groups excluding carboxylic acids is 1. The normalized spacial score (nSPS) is 23.6. The number of methoxy groups -OCH3 is 1.